The monoisotopic (exact) mass is 1370 g/mol. The first-order valence-corrected chi connectivity index (χ1v) is 35.2. The van der Waals surface area contributed by atoms with Crippen molar-refractivity contribution < 1.29 is 98.6 Å². The molecule has 4 aliphatic heterocycles. The summed E-state index contributed by atoms with van der Waals surface area (Å²) in [6.45, 7) is 26.1. The van der Waals surface area contributed by atoms with Crippen LogP contribution in [-0.4, -0.2) is 240 Å². The minimum atomic E-state index is -4.36. The Morgan fingerprint density at radius 3 is 1.65 bits per heavy atom. The van der Waals surface area contributed by atoms with E-state index in [0.29, 0.717) is 187 Å². The van der Waals surface area contributed by atoms with E-state index in [1.165, 1.54) is 5.57 Å². The number of anilines is 1. The van der Waals surface area contributed by atoms with Crippen LogP contribution in [0.25, 0.3) is 16.7 Å². The molecule has 0 radical (unpaired) electrons. The maximum absolute atomic E-state index is 12.8. The Balaban J connectivity index is 0.666. The summed E-state index contributed by atoms with van der Waals surface area (Å²) in [6.07, 6.45) is 10.5. The van der Waals surface area contributed by atoms with Crippen LogP contribution in [0, 0.1) is 0 Å². The highest BCUT2D eigenvalue weighted by Crippen LogP contribution is 2.47. The number of aryl methyl sites for hydroxylation is 1. The van der Waals surface area contributed by atoms with E-state index in [4.69, 9.17) is 66.6 Å². The summed E-state index contributed by atoms with van der Waals surface area (Å²) in [7, 11) is -4.36. The average Bonchev–Trinajstić information content (AvgIpc) is 0.853. The Kier molecular flexibility index (Phi) is 32.1. The number of imide groups is 1. The topological polar surface area (TPSA) is 291 Å². The molecular weight excluding hydrogens is 1270 g/mol. The number of hydrogen-bond donors (Lipinski definition) is 2. The average molecular weight is 1370 g/mol. The lowest BCUT2D eigenvalue weighted by Crippen LogP contribution is -2.49. The number of fused-ring (bicyclic) bond motifs is 4. The predicted molar refractivity (Wildman–Crippen MR) is 356 cm³/mol. The van der Waals surface area contributed by atoms with Gasteiger partial charge in [0.1, 0.15) is 36.2 Å². The van der Waals surface area contributed by atoms with Crippen LogP contribution in [0.4, 0.5) is 10.5 Å². The van der Waals surface area contributed by atoms with E-state index in [1.807, 2.05) is 44.4 Å². The molecule has 96 heavy (non-hydrogen) atoms. The number of unbranched alkanes of at least 4 members (excludes halogenated alkanes) is 2. The summed E-state index contributed by atoms with van der Waals surface area (Å²) in [6, 6.07) is 8.43. The minimum absolute atomic E-state index is 0.00536. The zero-order valence-corrected chi connectivity index (χ0v) is 57.9. The molecule has 0 atom stereocenters. The second-order valence-electron chi connectivity index (χ2n) is 24.0. The molecule has 2 N–H and O–H groups in total. The van der Waals surface area contributed by atoms with E-state index in [9.17, 15) is 32.1 Å². The zero-order valence-electron chi connectivity index (χ0n) is 57.1. The third-order valence-electron chi connectivity index (χ3n) is 16.2. The molecule has 0 bridgehead atoms. The Morgan fingerprint density at radius 1 is 0.625 bits per heavy atom. The molecule has 0 unspecified atom stereocenters. The predicted octanol–water partition coefficient (Wildman–Crippen LogP) is 5.30. The first-order valence-electron chi connectivity index (χ1n) is 33.6. The van der Waals surface area contributed by atoms with Crippen molar-refractivity contribution in [3.8, 4) is 11.5 Å². The van der Waals surface area contributed by atoms with Gasteiger partial charge in [0, 0.05) is 104 Å². The summed E-state index contributed by atoms with van der Waals surface area (Å²) in [4.78, 5) is 59.0. The second-order valence-corrected chi connectivity index (χ2v) is 25.5. The summed E-state index contributed by atoms with van der Waals surface area (Å²) < 4.78 is 112. The number of hydrogen-bond acceptors (Lipinski definition) is 22. The smallest absolute Gasteiger partial charge is 0.456 e. The molecule has 534 valence electrons. The summed E-state index contributed by atoms with van der Waals surface area (Å²) in [5.74, 6) is 0.398. The van der Waals surface area contributed by atoms with Gasteiger partial charge in [0.2, 0.25) is 11.3 Å². The van der Waals surface area contributed by atoms with Crippen molar-refractivity contribution in [2.75, 3.05) is 182 Å². The third kappa shape index (κ3) is 24.0. The van der Waals surface area contributed by atoms with Gasteiger partial charge in [0.25, 0.3) is 21.9 Å². The van der Waals surface area contributed by atoms with Crippen LogP contribution in [0.2, 0.25) is 0 Å². The number of aromatic nitrogens is 2. The fourth-order valence-corrected chi connectivity index (χ4v) is 12.4. The van der Waals surface area contributed by atoms with Crippen LogP contribution in [0.3, 0.4) is 0 Å². The molecular formula is C68H101N6O21S+. The van der Waals surface area contributed by atoms with Gasteiger partial charge in [0.05, 0.1) is 157 Å². The molecule has 0 saturated carbocycles. The maximum Gasteiger partial charge on any atom is 0.534 e. The van der Waals surface area contributed by atoms with Gasteiger partial charge < -0.3 is 76.4 Å². The number of hydroxylamine groups is 2. The van der Waals surface area contributed by atoms with E-state index in [2.05, 4.69) is 77.0 Å². The maximum atomic E-state index is 12.8. The molecule has 1 saturated heterocycles. The van der Waals surface area contributed by atoms with Crippen molar-refractivity contribution in [1.82, 2.24) is 24.5 Å². The molecule has 7 rings (SSSR count). The van der Waals surface area contributed by atoms with Crippen molar-refractivity contribution in [3.05, 3.63) is 81.9 Å². The molecule has 1 aromatic heterocycles. The number of nitrogens with one attached hydrogen (secondary N) is 1. The van der Waals surface area contributed by atoms with Crippen molar-refractivity contribution >= 4 is 56.4 Å². The van der Waals surface area contributed by atoms with Crippen LogP contribution in [0.5, 0.6) is 11.5 Å². The van der Waals surface area contributed by atoms with Gasteiger partial charge in [-0.3, -0.25) is 23.8 Å². The summed E-state index contributed by atoms with van der Waals surface area (Å²) >= 11 is 0. The number of likely N-dealkylation sites (N-methyl/N-ethyl adjacent to an activating group) is 2. The number of nitrogens with zero attached hydrogens (tertiary/aromatic N) is 5. The van der Waals surface area contributed by atoms with Gasteiger partial charge in [-0.05, 0) is 76.3 Å². The van der Waals surface area contributed by atoms with Gasteiger partial charge in [-0.25, -0.2) is 14.4 Å². The summed E-state index contributed by atoms with van der Waals surface area (Å²) in [5, 5.41) is 5.37. The quantitative estimate of drug-likeness (QED) is 0.0186. The van der Waals surface area contributed by atoms with Gasteiger partial charge in [-0.2, -0.15) is 8.42 Å². The van der Waals surface area contributed by atoms with Crippen LogP contribution in [0.15, 0.2) is 48.8 Å². The van der Waals surface area contributed by atoms with E-state index in [-0.39, 0.29) is 44.1 Å². The van der Waals surface area contributed by atoms with Gasteiger partial charge in [-0.1, -0.05) is 24.5 Å². The SMILES string of the molecule is CCC1=CC(C)(C)[N+](CC)=c2cc3c(cc21)=C(c1nccn1CCCCCC(=O)NCCOCCOCCOCCOCCOCCOCCOCCOCCOCCOCCOCCOC(=O)ON1C(=O)CCC1=O)c1cc2c(cc1O3)N(CC)C(C)(C)C=C2CS(=O)(=O)O. The molecule has 27 nitrogen and oxygen atoms in total. The van der Waals surface area contributed by atoms with Crippen LogP contribution < -0.4 is 30.1 Å². The van der Waals surface area contributed by atoms with E-state index in [0.717, 1.165) is 70.2 Å². The molecule has 1 fully saturated rings. The fourth-order valence-electron chi connectivity index (χ4n) is 11.8. The second kappa shape index (κ2) is 40.0. The van der Waals surface area contributed by atoms with E-state index < -0.39 is 39.4 Å². The van der Waals surface area contributed by atoms with Crippen molar-refractivity contribution in [2.24, 2.45) is 0 Å². The van der Waals surface area contributed by atoms with Gasteiger partial charge in [-0.15, -0.1) is 0 Å². The fraction of sp³-hybridized carbons (Fsp3) is 0.647. The number of ether oxygens (including phenoxy) is 13. The van der Waals surface area contributed by atoms with Crippen molar-refractivity contribution in [3.63, 3.8) is 0 Å². The number of amides is 3. The molecule has 0 spiro atoms. The molecule has 4 aliphatic rings. The summed E-state index contributed by atoms with van der Waals surface area (Å²) in [5.41, 5.74) is 5.36. The van der Waals surface area contributed by atoms with Crippen molar-refractivity contribution in [1.29, 1.82) is 0 Å². The van der Waals surface area contributed by atoms with Crippen LogP contribution in [-0.2, 0) is 92.7 Å². The van der Waals surface area contributed by atoms with Crippen LogP contribution in [0.1, 0.15) is 116 Å². The van der Waals surface area contributed by atoms with Crippen molar-refractivity contribution in [2.45, 2.75) is 111 Å². The zero-order chi connectivity index (χ0) is 68.8. The molecule has 3 aromatic rings. The number of allylic oxidation sites excluding steroid dienone is 1. The lowest BCUT2D eigenvalue weighted by molar-refractivity contribution is -0.177. The highest BCUT2D eigenvalue weighted by Gasteiger charge is 2.38. The molecule has 28 heteroatoms. The molecule has 2 aromatic carbocycles. The third-order valence-corrected chi connectivity index (χ3v) is 16.9. The molecule has 5 heterocycles. The Bertz CT molecular complexity index is 3300. The Morgan fingerprint density at radius 2 is 1.15 bits per heavy atom. The normalized spacial score (nSPS) is 15.5. The lowest BCUT2D eigenvalue weighted by atomic mass is 9.85. The first kappa shape index (κ1) is 77.1. The molecule has 3 amide bonds. The highest BCUT2D eigenvalue weighted by atomic mass is 32.2. The number of benzene rings is 2. The number of carbonyl (C=O) groups is 4. The Hall–Kier alpha value is -6.25. The first-order chi connectivity index (χ1) is 46.3. The number of imidazole rings is 1. The standard InChI is InChI=1S/C68H100N6O21S/c1-8-51-48-67(4,5)72(9-2)57-46-59-55(44-53(51)57)64(56-45-54-52(50-96(79,80)81)49-68(6,7)73(10-3)58(54)47-60(56)94-59)65-70-17-20-71(65)19-13-11-12-14-61(75)69-18-21-82-22-23-83-24-25-84-26-27-85-28-29-86-30-31-87-32-33-88-34-35-89-36-37-90-38-39-91-40-41-92-42-43-93-66(78)95-74-62(76)15-16-63(74)77/h17,20,44-49H,8-16,18-19,21-43,50H2,1-7H3,(H-,69,75,79,80,81)/p+1. The van der Waals surface area contributed by atoms with Crippen LogP contribution >= 0.6 is 0 Å². The van der Waals surface area contributed by atoms with E-state index >= 15 is 0 Å². The van der Waals surface area contributed by atoms with E-state index in [1.54, 1.807) is 0 Å². The number of carbonyl (C=O) groups excluding carboxylic acids is 4. The Labute approximate surface area is 563 Å². The largest absolute Gasteiger partial charge is 0.534 e. The number of rotatable bonds is 49. The van der Waals surface area contributed by atoms with Gasteiger partial charge >= 0.3 is 6.16 Å². The van der Waals surface area contributed by atoms with Gasteiger partial charge in [0.15, 0.2) is 5.54 Å². The molecule has 0 aliphatic carbocycles. The highest BCUT2D eigenvalue weighted by molar-refractivity contribution is 7.86. The minimum Gasteiger partial charge on any atom is -0.456 e. The lowest BCUT2D eigenvalue weighted by Gasteiger charge is -2.43.